The molecule has 0 radical (unpaired) electrons. The Morgan fingerprint density at radius 1 is 1.35 bits per heavy atom. The molecule has 7 heteroatoms. The molecule has 0 aliphatic heterocycles. The molecule has 0 saturated heterocycles. The van der Waals surface area contributed by atoms with Gasteiger partial charge in [0, 0.05) is 30.6 Å². The van der Waals surface area contributed by atoms with Crippen LogP contribution in [0.2, 0.25) is 0 Å². The SMILES string of the molecule is Cn1cc(-c2ccc3c(C#N)c(C(=O)O)nn3c2)cn1. The third-order valence-corrected chi connectivity index (χ3v) is 2.98. The summed E-state index contributed by atoms with van der Waals surface area (Å²) < 4.78 is 3.08. The predicted molar refractivity (Wildman–Crippen MR) is 69.1 cm³/mol. The predicted octanol–water partition coefficient (Wildman–Crippen LogP) is 1.30. The average molecular weight is 267 g/mol. The Bertz CT molecular complexity index is 869. The third kappa shape index (κ3) is 1.71. The topological polar surface area (TPSA) is 96.2 Å². The van der Waals surface area contributed by atoms with Crippen molar-refractivity contribution in [1.82, 2.24) is 19.4 Å². The molecule has 3 aromatic rings. The molecule has 0 saturated carbocycles. The van der Waals surface area contributed by atoms with Crippen LogP contribution >= 0.6 is 0 Å². The van der Waals surface area contributed by atoms with Gasteiger partial charge >= 0.3 is 5.97 Å². The lowest BCUT2D eigenvalue weighted by molar-refractivity contribution is 0.0690. The van der Waals surface area contributed by atoms with Crippen molar-refractivity contribution >= 4 is 11.5 Å². The van der Waals surface area contributed by atoms with E-state index in [1.807, 2.05) is 19.3 Å². The molecular weight excluding hydrogens is 258 g/mol. The number of hydrogen-bond acceptors (Lipinski definition) is 4. The number of aromatic nitrogens is 4. The normalized spacial score (nSPS) is 10.6. The smallest absolute Gasteiger partial charge is 0.357 e. The highest BCUT2D eigenvalue weighted by atomic mass is 16.4. The van der Waals surface area contributed by atoms with E-state index in [2.05, 4.69) is 10.2 Å². The maximum absolute atomic E-state index is 11.1. The standard InChI is InChI=1S/C13H9N5O2/c1-17-6-9(5-15-17)8-2-3-11-10(4-14)12(13(19)20)16-18(11)7-8/h2-3,5-7H,1H3,(H,19,20). The van der Waals surface area contributed by atoms with Gasteiger partial charge in [0.2, 0.25) is 0 Å². The van der Waals surface area contributed by atoms with E-state index in [4.69, 9.17) is 10.4 Å². The van der Waals surface area contributed by atoms with Gasteiger partial charge in [0.1, 0.15) is 11.6 Å². The van der Waals surface area contributed by atoms with E-state index in [-0.39, 0.29) is 11.3 Å². The number of pyridine rings is 1. The highest BCUT2D eigenvalue weighted by Crippen LogP contribution is 2.22. The van der Waals surface area contributed by atoms with Crippen LogP contribution in [0.3, 0.4) is 0 Å². The quantitative estimate of drug-likeness (QED) is 0.755. The highest BCUT2D eigenvalue weighted by molar-refractivity contribution is 5.91. The number of nitrogens with zero attached hydrogens (tertiary/aromatic N) is 5. The minimum Gasteiger partial charge on any atom is -0.476 e. The molecule has 0 spiro atoms. The number of carboxylic acid groups (broad SMARTS) is 1. The lowest BCUT2D eigenvalue weighted by Crippen LogP contribution is -1.99. The fourth-order valence-corrected chi connectivity index (χ4v) is 2.05. The summed E-state index contributed by atoms with van der Waals surface area (Å²) in [7, 11) is 1.81. The van der Waals surface area contributed by atoms with Crippen molar-refractivity contribution in [2.45, 2.75) is 0 Å². The van der Waals surface area contributed by atoms with Crippen molar-refractivity contribution in [3.05, 3.63) is 42.0 Å². The van der Waals surface area contributed by atoms with Crippen molar-refractivity contribution in [1.29, 1.82) is 5.26 Å². The van der Waals surface area contributed by atoms with Gasteiger partial charge in [0.15, 0.2) is 5.69 Å². The van der Waals surface area contributed by atoms with Gasteiger partial charge in [-0.1, -0.05) is 6.07 Å². The number of nitriles is 1. The molecule has 3 rings (SSSR count). The minimum atomic E-state index is -1.21. The second-order valence-corrected chi connectivity index (χ2v) is 4.29. The summed E-state index contributed by atoms with van der Waals surface area (Å²) in [4.78, 5) is 11.1. The molecule has 0 bridgehead atoms. The lowest BCUT2D eigenvalue weighted by atomic mass is 10.1. The molecule has 1 N–H and O–H groups in total. The number of carbonyl (C=O) groups is 1. The summed E-state index contributed by atoms with van der Waals surface area (Å²) in [5.74, 6) is -1.21. The molecular formula is C13H9N5O2. The Kier molecular flexibility index (Phi) is 2.51. The molecule has 3 heterocycles. The van der Waals surface area contributed by atoms with Gasteiger partial charge in [0.25, 0.3) is 0 Å². The van der Waals surface area contributed by atoms with Crippen LogP contribution in [0.4, 0.5) is 0 Å². The third-order valence-electron chi connectivity index (χ3n) is 2.98. The van der Waals surface area contributed by atoms with Crippen LogP contribution in [0.25, 0.3) is 16.6 Å². The van der Waals surface area contributed by atoms with E-state index >= 15 is 0 Å². The van der Waals surface area contributed by atoms with Gasteiger partial charge < -0.3 is 5.11 Å². The molecule has 0 amide bonds. The molecule has 20 heavy (non-hydrogen) atoms. The van der Waals surface area contributed by atoms with E-state index in [0.29, 0.717) is 5.52 Å². The Balaban J connectivity index is 2.22. The second-order valence-electron chi connectivity index (χ2n) is 4.29. The molecule has 3 aromatic heterocycles. The number of carboxylic acids is 1. The van der Waals surface area contributed by atoms with Crippen LogP contribution < -0.4 is 0 Å². The molecule has 0 unspecified atom stereocenters. The summed E-state index contributed by atoms with van der Waals surface area (Å²) in [6.07, 6.45) is 5.22. The van der Waals surface area contributed by atoms with Gasteiger partial charge in [-0.05, 0) is 6.07 Å². The first-order valence-corrected chi connectivity index (χ1v) is 5.75. The van der Waals surface area contributed by atoms with Crippen LogP contribution in [-0.4, -0.2) is 30.5 Å². The fraction of sp³-hybridized carbons (Fsp3) is 0.0769. The van der Waals surface area contributed by atoms with Gasteiger partial charge in [-0.3, -0.25) is 4.68 Å². The number of aromatic carboxylic acids is 1. The van der Waals surface area contributed by atoms with Crippen LogP contribution in [0.5, 0.6) is 0 Å². The monoisotopic (exact) mass is 267 g/mol. The summed E-state index contributed by atoms with van der Waals surface area (Å²) in [5, 5.41) is 26.1. The average Bonchev–Trinajstić information content (AvgIpc) is 3.01. The zero-order valence-electron chi connectivity index (χ0n) is 10.5. The molecule has 98 valence electrons. The van der Waals surface area contributed by atoms with Gasteiger partial charge in [0.05, 0.1) is 11.7 Å². The Hall–Kier alpha value is -3.14. The maximum atomic E-state index is 11.1. The largest absolute Gasteiger partial charge is 0.476 e. The lowest BCUT2D eigenvalue weighted by Gasteiger charge is -1.98. The van der Waals surface area contributed by atoms with Crippen molar-refractivity contribution in [3.8, 4) is 17.2 Å². The van der Waals surface area contributed by atoms with E-state index < -0.39 is 5.97 Å². The fourth-order valence-electron chi connectivity index (χ4n) is 2.05. The van der Waals surface area contributed by atoms with E-state index in [9.17, 15) is 4.79 Å². The van der Waals surface area contributed by atoms with Crippen molar-refractivity contribution in [2.75, 3.05) is 0 Å². The molecule has 7 nitrogen and oxygen atoms in total. The van der Waals surface area contributed by atoms with E-state index in [1.54, 1.807) is 29.2 Å². The Morgan fingerprint density at radius 2 is 2.15 bits per heavy atom. The number of aryl methyl sites for hydroxylation is 1. The van der Waals surface area contributed by atoms with Crippen molar-refractivity contribution < 1.29 is 9.90 Å². The Labute approximate surface area is 113 Å². The van der Waals surface area contributed by atoms with Gasteiger partial charge in [-0.15, -0.1) is 0 Å². The molecule has 0 aromatic carbocycles. The first-order chi connectivity index (χ1) is 9.60. The van der Waals surface area contributed by atoms with Gasteiger partial charge in [-0.2, -0.15) is 15.5 Å². The van der Waals surface area contributed by atoms with Crippen LogP contribution in [-0.2, 0) is 7.05 Å². The summed E-state index contributed by atoms with van der Waals surface area (Å²) >= 11 is 0. The van der Waals surface area contributed by atoms with Gasteiger partial charge in [-0.25, -0.2) is 9.31 Å². The maximum Gasteiger partial charge on any atom is 0.357 e. The van der Waals surface area contributed by atoms with E-state index in [0.717, 1.165) is 11.1 Å². The van der Waals surface area contributed by atoms with Crippen LogP contribution in [0.15, 0.2) is 30.7 Å². The number of rotatable bonds is 2. The highest BCUT2D eigenvalue weighted by Gasteiger charge is 2.18. The van der Waals surface area contributed by atoms with E-state index in [1.165, 1.54) is 4.52 Å². The summed E-state index contributed by atoms with van der Waals surface area (Å²) in [6.45, 7) is 0. The van der Waals surface area contributed by atoms with Crippen molar-refractivity contribution in [2.24, 2.45) is 7.05 Å². The summed E-state index contributed by atoms with van der Waals surface area (Å²) in [6, 6.07) is 5.37. The molecule has 0 aliphatic rings. The molecule has 0 fully saturated rings. The molecule has 0 aliphatic carbocycles. The minimum absolute atomic E-state index is 0.0650. The first kappa shape index (κ1) is 11.9. The van der Waals surface area contributed by atoms with Crippen LogP contribution in [0.1, 0.15) is 16.1 Å². The zero-order valence-corrected chi connectivity index (χ0v) is 10.5. The Morgan fingerprint density at radius 3 is 2.75 bits per heavy atom. The first-order valence-electron chi connectivity index (χ1n) is 5.75. The molecule has 0 atom stereocenters. The van der Waals surface area contributed by atoms with Crippen molar-refractivity contribution in [3.63, 3.8) is 0 Å². The zero-order chi connectivity index (χ0) is 14.3. The number of fused-ring (bicyclic) bond motifs is 1. The van der Waals surface area contributed by atoms with Crippen LogP contribution in [0, 0.1) is 11.3 Å². The summed E-state index contributed by atoms with van der Waals surface area (Å²) in [5.41, 5.74) is 2.03. The number of hydrogen-bond donors (Lipinski definition) is 1. The second kappa shape index (κ2) is 4.20.